The lowest BCUT2D eigenvalue weighted by atomic mass is 10.2. The zero-order valence-corrected chi connectivity index (χ0v) is 16.1. The SMILES string of the molecule is C[C@@H](OC(=O)/C=C/c1cc(Cl)c2c(c1)OCO2)C(=O)NNC(=O)c1ccccc1. The molecule has 0 unspecified atom stereocenters. The van der Waals surface area contributed by atoms with Crippen LogP contribution in [0.15, 0.2) is 48.5 Å². The molecule has 0 saturated heterocycles. The van der Waals surface area contributed by atoms with Gasteiger partial charge in [0.15, 0.2) is 17.6 Å². The first-order valence-corrected chi connectivity index (χ1v) is 8.95. The second-order valence-corrected chi connectivity index (χ2v) is 6.37. The third-order valence-electron chi connectivity index (χ3n) is 3.86. The van der Waals surface area contributed by atoms with Gasteiger partial charge in [-0.3, -0.25) is 20.4 Å². The van der Waals surface area contributed by atoms with E-state index >= 15 is 0 Å². The van der Waals surface area contributed by atoms with Crippen LogP contribution in [0.1, 0.15) is 22.8 Å². The molecule has 29 heavy (non-hydrogen) atoms. The van der Waals surface area contributed by atoms with Gasteiger partial charge in [-0.2, -0.15) is 0 Å². The van der Waals surface area contributed by atoms with E-state index in [1.165, 1.54) is 13.0 Å². The highest BCUT2D eigenvalue weighted by atomic mass is 35.5. The Morgan fingerprint density at radius 1 is 1.14 bits per heavy atom. The number of hydrogen-bond donors (Lipinski definition) is 2. The van der Waals surface area contributed by atoms with Gasteiger partial charge in [-0.05, 0) is 42.8 Å². The van der Waals surface area contributed by atoms with E-state index in [2.05, 4.69) is 10.9 Å². The van der Waals surface area contributed by atoms with E-state index in [0.29, 0.717) is 27.6 Å². The van der Waals surface area contributed by atoms with Gasteiger partial charge in [-0.1, -0.05) is 29.8 Å². The number of rotatable bonds is 5. The van der Waals surface area contributed by atoms with Crippen molar-refractivity contribution in [2.45, 2.75) is 13.0 Å². The summed E-state index contributed by atoms with van der Waals surface area (Å²) in [4.78, 5) is 35.8. The van der Waals surface area contributed by atoms with Crippen LogP contribution in [0.2, 0.25) is 5.02 Å². The molecular weight excluding hydrogens is 400 g/mol. The molecule has 0 bridgehead atoms. The summed E-state index contributed by atoms with van der Waals surface area (Å²) < 4.78 is 15.5. The van der Waals surface area contributed by atoms with Gasteiger partial charge in [0.25, 0.3) is 11.8 Å². The molecule has 0 aromatic heterocycles. The van der Waals surface area contributed by atoms with Crippen LogP contribution in [-0.2, 0) is 14.3 Å². The first-order valence-electron chi connectivity index (χ1n) is 8.57. The van der Waals surface area contributed by atoms with Crippen LogP contribution >= 0.6 is 11.6 Å². The number of benzene rings is 2. The lowest BCUT2D eigenvalue weighted by molar-refractivity contribution is -0.150. The van der Waals surface area contributed by atoms with Crippen molar-refractivity contribution in [1.82, 2.24) is 10.9 Å². The number of carbonyl (C=O) groups excluding carboxylic acids is 3. The molecular formula is C20H17ClN2O6. The molecule has 1 aliphatic rings. The quantitative estimate of drug-likeness (QED) is 0.441. The van der Waals surface area contributed by atoms with Gasteiger partial charge in [-0.15, -0.1) is 0 Å². The maximum absolute atomic E-state index is 12.0. The van der Waals surface area contributed by atoms with E-state index in [9.17, 15) is 14.4 Å². The van der Waals surface area contributed by atoms with E-state index in [4.69, 9.17) is 25.8 Å². The fourth-order valence-corrected chi connectivity index (χ4v) is 2.67. The molecule has 1 atom stereocenters. The summed E-state index contributed by atoms with van der Waals surface area (Å²) in [5.74, 6) is -0.975. The average Bonchev–Trinajstić information content (AvgIpc) is 3.20. The van der Waals surface area contributed by atoms with Crippen LogP contribution in [0.3, 0.4) is 0 Å². The average molecular weight is 417 g/mol. The van der Waals surface area contributed by atoms with Gasteiger partial charge in [0, 0.05) is 11.6 Å². The van der Waals surface area contributed by atoms with Crippen molar-refractivity contribution in [3.63, 3.8) is 0 Å². The summed E-state index contributed by atoms with van der Waals surface area (Å²) in [6, 6.07) is 11.6. The number of fused-ring (bicyclic) bond motifs is 1. The molecule has 0 aliphatic carbocycles. The highest BCUT2D eigenvalue weighted by Crippen LogP contribution is 2.40. The van der Waals surface area contributed by atoms with Crippen molar-refractivity contribution < 1.29 is 28.6 Å². The van der Waals surface area contributed by atoms with Gasteiger partial charge in [0.1, 0.15) is 0 Å². The number of carbonyl (C=O) groups is 3. The van der Waals surface area contributed by atoms with E-state index in [-0.39, 0.29) is 6.79 Å². The Morgan fingerprint density at radius 3 is 2.66 bits per heavy atom. The maximum atomic E-state index is 12.0. The molecule has 8 nitrogen and oxygen atoms in total. The second kappa shape index (κ2) is 9.11. The lowest BCUT2D eigenvalue weighted by Gasteiger charge is -2.13. The van der Waals surface area contributed by atoms with E-state index < -0.39 is 23.9 Å². The molecule has 0 spiro atoms. The van der Waals surface area contributed by atoms with Crippen LogP contribution in [-0.4, -0.2) is 30.7 Å². The van der Waals surface area contributed by atoms with E-state index in [1.807, 2.05) is 0 Å². The largest absolute Gasteiger partial charge is 0.454 e. The van der Waals surface area contributed by atoms with Crippen molar-refractivity contribution in [3.8, 4) is 11.5 Å². The summed E-state index contributed by atoms with van der Waals surface area (Å²) >= 11 is 6.08. The Morgan fingerprint density at radius 2 is 1.90 bits per heavy atom. The van der Waals surface area contributed by atoms with E-state index in [1.54, 1.807) is 42.5 Å². The van der Waals surface area contributed by atoms with Crippen molar-refractivity contribution >= 4 is 35.5 Å². The summed E-state index contributed by atoms with van der Waals surface area (Å²) in [5, 5.41) is 0.356. The topological polar surface area (TPSA) is 103 Å². The minimum atomic E-state index is -1.12. The Kier molecular flexibility index (Phi) is 6.36. The number of halogens is 1. The zero-order chi connectivity index (χ0) is 20.8. The number of esters is 1. The molecule has 2 aromatic rings. The first-order chi connectivity index (χ1) is 13.9. The minimum absolute atomic E-state index is 0.0811. The Labute approximate surface area is 171 Å². The third kappa shape index (κ3) is 5.26. The van der Waals surface area contributed by atoms with Crippen molar-refractivity contribution in [2.24, 2.45) is 0 Å². The maximum Gasteiger partial charge on any atom is 0.331 e. The van der Waals surface area contributed by atoms with Crippen LogP contribution in [0.5, 0.6) is 11.5 Å². The van der Waals surface area contributed by atoms with Gasteiger partial charge < -0.3 is 14.2 Å². The van der Waals surface area contributed by atoms with Crippen molar-refractivity contribution in [1.29, 1.82) is 0 Å². The molecule has 0 radical (unpaired) electrons. The number of amides is 2. The molecule has 1 heterocycles. The fraction of sp³-hybridized carbons (Fsp3) is 0.150. The Bertz CT molecular complexity index is 961. The normalized spacial score (nSPS) is 13.0. The van der Waals surface area contributed by atoms with Gasteiger partial charge in [0.05, 0.1) is 5.02 Å². The van der Waals surface area contributed by atoms with Crippen LogP contribution in [0, 0.1) is 0 Å². The Hall–Kier alpha value is -3.52. The fourth-order valence-electron chi connectivity index (χ4n) is 2.40. The number of nitrogens with one attached hydrogen (secondary N) is 2. The summed E-state index contributed by atoms with van der Waals surface area (Å²) in [6.45, 7) is 1.46. The molecule has 0 fully saturated rings. The number of hydrogen-bond acceptors (Lipinski definition) is 6. The molecule has 3 rings (SSSR count). The predicted molar refractivity (Wildman–Crippen MR) is 104 cm³/mol. The molecule has 2 N–H and O–H groups in total. The molecule has 150 valence electrons. The number of ether oxygens (including phenoxy) is 3. The summed E-state index contributed by atoms with van der Waals surface area (Å²) in [6.07, 6.45) is 1.50. The third-order valence-corrected chi connectivity index (χ3v) is 4.14. The Balaban J connectivity index is 1.49. The standard InChI is InChI=1S/C20H17ClN2O6/c1-12(19(25)22-23-20(26)14-5-3-2-4-6-14)29-17(24)8-7-13-9-15(21)18-16(10-13)27-11-28-18/h2-10,12H,11H2,1H3,(H,22,25)(H,23,26)/b8-7+/t12-/m1/s1. The van der Waals surface area contributed by atoms with Crippen LogP contribution in [0.4, 0.5) is 0 Å². The highest BCUT2D eigenvalue weighted by molar-refractivity contribution is 6.32. The highest BCUT2D eigenvalue weighted by Gasteiger charge is 2.19. The van der Waals surface area contributed by atoms with Gasteiger partial charge >= 0.3 is 5.97 Å². The van der Waals surface area contributed by atoms with Crippen molar-refractivity contribution in [3.05, 3.63) is 64.7 Å². The summed E-state index contributed by atoms with van der Waals surface area (Å²) in [5.41, 5.74) is 5.44. The van der Waals surface area contributed by atoms with E-state index in [0.717, 1.165) is 6.08 Å². The molecule has 9 heteroatoms. The van der Waals surface area contributed by atoms with Gasteiger partial charge in [-0.25, -0.2) is 4.79 Å². The zero-order valence-electron chi connectivity index (χ0n) is 15.3. The minimum Gasteiger partial charge on any atom is -0.454 e. The monoisotopic (exact) mass is 416 g/mol. The predicted octanol–water partition coefficient (Wildman–Crippen LogP) is 2.47. The molecule has 1 aliphatic heterocycles. The molecule has 0 saturated carbocycles. The second-order valence-electron chi connectivity index (χ2n) is 5.96. The van der Waals surface area contributed by atoms with Crippen molar-refractivity contribution in [2.75, 3.05) is 6.79 Å². The smallest absolute Gasteiger partial charge is 0.331 e. The molecule has 2 amide bonds. The summed E-state index contributed by atoms with van der Waals surface area (Å²) in [7, 11) is 0. The van der Waals surface area contributed by atoms with Crippen LogP contribution < -0.4 is 20.3 Å². The first kappa shape index (κ1) is 20.2. The molecule has 2 aromatic carbocycles. The van der Waals surface area contributed by atoms with Crippen LogP contribution in [0.25, 0.3) is 6.08 Å². The van der Waals surface area contributed by atoms with Gasteiger partial charge in [0.2, 0.25) is 6.79 Å². The lowest BCUT2D eigenvalue weighted by Crippen LogP contribution is -2.46. The number of hydrazine groups is 1.